The number of carboxylic acid groups (broad SMARTS) is 1. The maximum absolute atomic E-state index is 14.6. The summed E-state index contributed by atoms with van der Waals surface area (Å²) in [6.07, 6.45) is 2.22. The minimum Gasteiger partial charge on any atom is -0.490 e. The zero-order valence-corrected chi connectivity index (χ0v) is 17.5. The van der Waals surface area contributed by atoms with Crippen molar-refractivity contribution in [1.82, 2.24) is 4.90 Å². The fraction of sp³-hybridized carbons (Fsp3) is 0.231. The summed E-state index contributed by atoms with van der Waals surface area (Å²) in [5.74, 6) is -1.21. The summed E-state index contributed by atoms with van der Waals surface area (Å²) in [5.41, 5.74) is 2.13. The molecule has 3 aromatic rings. The summed E-state index contributed by atoms with van der Waals surface area (Å²) in [4.78, 5) is 26.0. The SMILES string of the molecule is O=C(O)c1ccc(CN(Cc2ccccc2)C(=O)c2ccc(OCC3CC3)c(F)c2)cc1. The highest BCUT2D eigenvalue weighted by Gasteiger charge is 2.23. The summed E-state index contributed by atoms with van der Waals surface area (Å²) in [6, 6.07) is 20.2. The molecule has 0 heterocycles. The third-order valence-corrected chi connectivity index (χ3v) is 5.43. The highest BCUT2D eigenvalue weighted by Crippen LogP contribution is 2.30. The molecule has 4 rings (SSSR count). The topological polar surface area (TPSA) is 66.8 Å². The van der Waals surface area contributed by atoms with Crippen LogP contribution in [-0.4, -0.2) is 28.5 Å². The van der Waals surface area contributed by atoms with Gasteiger partial charge in [0.15, 0.2) is 11.6 Å². The van der Waals surface area contributed by atoms with E-state index in [9.17, 15) is 14.0 Å². The van der Waals surface area contributed by atoms with Crippen molar-refractivity contribution in [2.45, 2.75) is 25.9 Å². The van der Waals surface area contributed by atoms with Crippen LogP contribution in [0.3, 0.4) is 0 Å². The molecule has 1 aliphatic rings. The summed E-state index contributed by atoms with van der Waals surface area (Å²) < 4.78 is 20.1. The van der Waals surface area contributed by atoms with Crippen molar-refractivity contribution in [2.24, 2.45) is 5.92 Å². The first kappa shape index (κ1) is 21.6. The van der Waals surface area contributed by atoms with Gasteiger partial charge in [-0.1, -0.05) is 42.5 Å². The average Bonchev–Trinajstić information content (AvgIpc) is 3.63. The number of ether oxygens (including phenoxy) is 1. The van der Waals surface area contributed by atoms with Crippen LogP contribution in [0.5, 0.6) is 5.75 Å². The molecule has 1 N–H and O–H groups in total. The first-order valence-electron chi connectivity index (χ1n) is 10.6. The number of aromatic carboxylic acids is 1. The number of carbonyl (C=O) groups is 2. The Hall–Kier alpha value is -3.67. The molecule has 0 aromatic heterocycles. The van der Waals surface area contributed by atoms with Gasteiger partial charge in [-0.3, -0.25) is 4.79 Å². The van der Waals surface area contributed by atoms with Crippen molar-refractivity contribution in [2.75, 3.05) is 6.61 Å². The van der Waals surface area contributed by atoms with Crippen LogP contribution in [0.15, 0.2) is 72.8 Å². The maximum atomic E-state index is 14.6. The number of halogens is 1. The summed E-state index contributed by atoms with van der Waals surface area (Å²) >= 11 is 0. The van der Waals surface area contributed by atoms with Crippen molar-refractivity contribution < 1.29 is 23.8 Å². The van der Waals surface area contributed by atoms with Crippen LogP contribution in [0.1, 0.15) is 44.7 Å². The molecule has 3 aromatic carbocycles. The minimum atomic E-state index is -1.01. The quantitative estimate of drug-likeness (QED) is 0.507. The second-order valence-corrected chi connectivity index (χ2v) is 8.05. The fourth-order valence-corrected chi connectivity index (χ4v) is 3.40. The zero-order valence-electron chi connectivity index (χ0n) is 17.5. The van der Waals surface area contributed by atoms with Crippen molar-refractivity contribution in [3.63, 3.8) is 0 Å². The number of carboxylic acids is 1. The number of hydrogen-bond acceptors (Lipinski definition) is 3. The predicted octanol–water partition coefficient (Wildman–Crippen LogP) is 5.16. The molecule has 0 radical (unpaired) electrons. The lowest BCUT2D eigenvalue weighted by Crippen LogP contribution is -2.30. The summed E-state index contributed by atoms with van der Waals surface area (Å²) in [7, 11) is 0. The lowest BCUT2D eigenvalue weighted by molar-refractivity contribution is 0.0693. The Kier molecular flexibility index (Phi) is 6.50. The Balaban J connectivity index is 1.54. The summed E-state index contributed by atoms with van der Waals surface area (Å²) in [6.45, 7) is 1.09. The normalized spacial score (nSPS) is 12.9. The van der Waals surface area contributed by atoms with Crippen molar-refractivity contribution in [3.05, 3.63) is 101 Å². The highest BCUT2D eigenvalue weighted by atomic mass is 19.1. The smallest absolute Gasteiger partial charge is 0.335 e. The molecule has 5 nitrogen and oxygen atoms in total. The van der Waals surface area contributed by atoms with Crippen LogP contribution >= 0.6 is 0 Å². The van der Waals surface area contributed by atoms with E-state index in [0.29, 0.717) is 19.1 Å². The summed E-state index contributed by atoms with van der Waals surface area (Å²) in [5, 5.41) is 9.10. The van der Waals surface area contributed by atoms with E-state index in [1.807, 2.05) is 30.3 Å². The molecular formula is C26H24FNO4. The van der Waals surface area contributed by atoms with E-state index in [1.54, 1.807) is 23.1 Å². The third-order valence-electron chi connectivity index (χ3n) is 5.43. The molecule has 1 amide bonds. The van der Waals surface area contributed by atoms with E-state index in [0.717, 1.165) is 24.0 Å². The predicted molar refractivity (Wildman–Crippen MR) is 118 cm³/mol. The number of nitrogens with zero attached hydrogens (tertiary/aromatic N) is 1. The second-order valence-electron chi connectivity index (χ2n) is 8.05. The van der Waals surface area contributed by atoms with Gasteiger partial charge in [0.2, 0.25) is 0 Å². The second kappa shape index (κ2) is 9.64. The molecule has 0 unspecified atom stereocenters. The van der Waals surface area contributed by atoms with Gasteiger partial charge < -0.3 is 14.7 Å². The molecule has 1 fully saturated rings. The van der Waals surface area contributed by atoms with Gasteiger partial charge in [-0.25, -0.2) is 9.18 Å². The van der Waals surface area contributed by atoms with Gasteiger partial charge in [-0.15, -0.1) is 0 Å². The molecule has 0 bridgehead atoms. The molecule has 0 atom stereocenters. The lowest BCUT2D eigenvalue weighted by atomic mass is 10.1. The van der Waals surface area contributed by atoms with Crippen molar-refractivity contribution in [3.8, 4) is 5.75 Å². The van der Waals surface area contributed by atoms with Crippen LogP contribution < -0.4 is 4.74 Å². The number of rotatable bonds is 9. The molecule has 164 valence electrons. The van der Waals surface area contributed by atoms with Crippen LogP contribution in [0, 0.1) is 11.7 Å². The number of carbonyl (C=O) groups excluding carboxylic acids is 1. The molecule has 6 heteroatoms. The fourth-order valence-electron chi connectivity index (χ4n) is 3.40. The van der Waals surface area contributed by atoms with Gasteiger partial charge >= 0.3 is 5.97 Å². The molecule has 1 aliphatic carbocycles. The van der Waals surface area contributed by atoms with Crippen molar-refractivity contribution >= 4 is 11.9 Å². The van der Waals surface area contributed by atoms with Crippen LogP contribution in [0.4, 0.5) is 4.39 Å². The average molecular weight is 433 g/mol. The van der Waals surface area contributed by atoms with Gasteiger partial charge in [0.25, 0.3) is 5.91 Å². The Labute approximate surface area is 186 Å². The molecular weight excluding hydrogens is 409 g/mol. The Morgan fingerprint density at radius 3 is 2.12 bits per heavy atom. The number of benzene rings is 3. The van der Waals surface area contributed by atoms with E-state index in [2.05, 4.69) is 0 Å². The lowest BCUT2D eigenvalue weighted by Gasteiger charge is -2.23. The minimum absolute atomic E-state index is 0.160. The number of hydrogen-bond donors (Lipinski definition) is 1. The van der Waals surface area contributed by atoms with E-state index in [1.165, 1.54) is 24.3 Å². The van der Waals surface area contributed by atoms with Crippen LogP contribution in [-0.2, 0) is 13.1 Å². The van der Waals surface area contributed by atoms with Gasteiger partial charge in [-0.2, -0.15) is 0 Å². The monoisotopic (exact) mass is 433 g/mol. The first-order chi connectivity index (χ1) is 15.5. The molecule has 1 saturated carbocycles. The van der Waals surface area contributed by atoms with Gasteiger partial charge in [0.1, 0.15) is 0 Å². The Morgan fingerprint density at radius 2 is 1.53 bits per heavy atom. The molecule has 0 spiro atoms. The van der Waals surface area contributed by atoms with Crippen molar-refractivity contribution in [1.29, 1.82) is 0 Å². The van der Waals surface area contributed by atoms with E-state index < -0.39 is 11.8 Å². The largest absolute Gasteiger partial charge is 0.490 e. The first-order valence-corrected chi connectivity index (χ1v) is 10.6. The highest BCUT2D eigenvalue weighted by molar-refractivity contribution is 5.94. The molecule has 0 aliphatic heterocycles. The molecule has 32 heavy (non-hydrogen) atoms. The zero-order chi connectivity index (χ0) is 22.5. The maximum Gasteiger partial charge on any atom is 0.335 e. The van der Waals surface area contributed by atoms with E-state index >= 15 is 0 Å². The van der Waals surface area contributed by atoms with E-state index in [4.69, 9.17) is 9.84 Å². The van der Waals surface area contributed by atoms with Gasteiger partial charge in [0, 0.05) is 18.7 Å². The third kappa shape index (κ3) is 5.52. The van der Waals surface area contributed by atoms with E-state index in [-0.39, 0.29) is 29.3 Å². The standard InChI is InChI=1S/C26H24FNO4/c27-23-14-22(12-13-24(23)32-17-20-6-7-20)25(29)28(15-18-4-2-1-3-5-18)16-19-8-10-21(11-9-19)26(30)31/h1-5,8-14,20H,6-7,15-17H2,(H,30,31). The van der Waals surface area contributed by atoms with Gasteiger partial charge in [0.05, 0.1) is 12.2 Å². The Bertz CT molecular complexity index is 1090. The van der Waals surface area contributed by atoms with Crippen LogP contribution in [0.25, 0.3) is 0 Å². The van der Waals surface area contributed by atoms with Crippen LogP contribution in [0.2, 0.25) is 0 Å². The Morgan fingerprint density at radius 1 is 0.906 bits per heavy atom. The molecule has 0 saturated heterocycles. The number of amides is 1. The van der Waals surface area contributed by atoms with Gasteiger partial charge in [-0.05, 0) is 60.2 Å².